The first-order chi connectivity index (χ1) is 18.3. The standard InChI is InChI=1S/C27H27N5O5S/c1-27(2,3)23-14-24(31-37-23)30-25(33)28-17-6-4-16(5-7-17)18-15-32-19-12-20-21(13-22(19)38-26(32)29-18)36-11-9-34-8-10-35-20/h4-7,12-15H,8-11H2,1-3H3,(H2,28,30,31,33). The number of hydrogen-bond donors (Lipinski definition) is 2. The van der Waals surface area contributed by atoms with Gasteiger partial charge in [0.05, 0.1) is 29.1 Å². The average molecular weight is 534 g/mol. The van der Waals surface area contributed by atoms with Gasteiger partial charge in [0.1, 0.15) is 19.0 Å². The second kappa shape index (κ2) is 9.66. The highest BCUT2D eigenvalue weighted by molar-refractivity contribution is 7.23. The summed E-state index contributed by atoms with van der Waals surface area (Å²) in [5.41, 5.74) is 3.23. The fourth-order valence-electron chi connectivity index (χ4n) is 4.09. The number of nitrogens with zero attached hydrogens (tertiary/aromatic N) is 3. The van der Waals surface area contributed by atoms with E-state index in [1.54, 1.807) is 17.4 Å². The number of imidazole rings is 1. The Labute approximate surface area is 222 Å². The number of amides is 2. The summed E-state index contributed by atoms with van der Waals surface area (Å²) in [5, 5.41) is 9.43. The maximum absolute atomic E-state index is 12.4. The predicted molar refractivity (Wildman–Crippen MR) is 146 cm³/mol. The molecule has 2 N–H and O–H groups in total. The lowest BCUT2D eigenvalue weighted by atomic mass is 9.93. The van der Waals surface area contributed by atoms with E-state index in [2.05, 4.69) is 20.2 Å². The summed E-state index contributed by atoms with van der Waals surface area (Å²) in [4.78, 5) is 18.1. The van der Waals surface area contributed by atoms with Crippen molar-refractivity contribution in [1.29, 1.82) is 0 Å². The Morgan fingerprint density at radius 2 is 1.71 bits per heavy atom. The third kappa shape index (κ3) is 4.90. The molecule has 6 rings (SSSR count). The topological polar surface area (TPSA) is 112 Å². The molecular weight excluding hydrogens is 506 g/mol. The van der Waals surface area contributed by atoms with Crippen LogP contribution in [0.1, 0.15) is 26.5 Å². The van der Waals surface area contributed by atoms with Crippen molar-refractivity contribution in [2.75, 3.05) is 37.1 Å². The molecule has 0 fully saturated rings. The van der Waals surface area contributed by atoms with Crippen LogP contribution in [-0.4, -0.2) is 47.0 Å². The Morgan fingerprint density at radius 3 is 2.42 bits per heavy atom. The van der Waals surface area contributed by atoms with Gasteiger partial charge in [-0.3, -0.25) is 9.72 Å². The second-order valence-corrected chi connectivity index (χ2v) is 10.9. The highest BCUT2D eigenvalue weighted by atomic mass is 32.1. The molecule has 0 aliphatic carbocycles. The molecule has 3 aromatic heterocycles. The Morgan fingerprint density at radius 1 is 0.974 bits per heavy atom. The molecule has 0 saturated carbocycles. The summed E-state index contributed by atoms with van der Waals surface area (Å²) in [7, 11) is 0. The van der Waals surface area contributed by atoms with Crippen LogP contribution in [-0.2, 0) is 10.2 Å². The van der Waals surface area contributed by atoms with Crippen molar-refractivity contribution in [1.82, 2.24) is 14.5 Å². The lowest BCUT2D eigenvalue weighted by molar-refractivity contribution is 0.0877. The van der Waals surface area contributed by atoms with E-state index in [-0.39, 0.29) is 5.41 Å². The molecule has 38 heavy (non-hydrogen) atoms. The van der Waals surface area contributed by atoms with E-state index >= 15 is 0 Å². The summed E-state index contributed by atoms with van der Waals surface area (Å²) in [6, 6.07) is 12.8. The van der Waals surface area contributed by atoms with Crippen LogP contribution in [0, 0.1) is 0 Å². The molecule has 0 bridgehead atoms. The number of aromatic nitrogens is 3. The van der Waals surface area contributed by atoms with E-state index in [0.717, 1.165) is 32.2 Å². The molecule has 0 spiro atoms. The molecule has 5 aromatic rings. The Hall–Kier alpha value is -4.09. The van der Waals surface area contributed by atoms with E-state index in [4.69, 9.17) is 23.7 Å². The summed E-state index contributed by atoms with van der Waals surface area (Å²) in [6.07, 6.45) is 2.01. The minimum absolute atomic E-state index is 0.192. The van der Waals surface area contributed by atoms with Crippen LogP contribution in [0.25, 0.3) is 26.4 Å². The van der Waals surface area contributed by atoms with Gasteiger partial charge in [-0.2, -0.15) is 0 Å². The number of thiazole rings is 1. The number of carbonyl (C=O) groups excluding carboxylic acids is 1. The molecule has 0 saturated heterocycles. The van der Waals surface area contributed by atoms with Gasteiger partial charge in [-0.1, -0.05) is 49.4 Å². The van der Waals surface area contributed by atoms with Gasteiger partial charge < -0.3 is 24.1 Å². The Balaban J connectivity index is 1.18. The van der Waals surface area contributed by atoms with Gasteiger partial charge in [0.15, 0.2) is 22.3 Å². The maximum Gasteiger partial charge on any atom is 0.324 e. The number of rotatable bonds is 3. The number of fused-ring (bicyclic) bond motifs is 4. The third-order valence-corrected chi connectivity index (χ3v) is 7.08. The van der Waals surface area contributed by atoms with Gasteiger partial charge in [-0.15, -0.1) is 0 Å². The minimum atomic E-state index is -0.399. The number of benzene rings is 2. The number of ether oxygens (including phenoxy) is 3. The zero-order chi connectivity index (χ0) is 26.3. The molecule has 0 unspecified atom stereocenters. The summed E-state index contributed by atoms with van der Waals surface area (Å²) in [6.45, 7) is 8.07. The summed E-state index contributed by atoms with van der Waals surface area (Å²) >= 11 is 1.59. The molecule has 4 heterocycles. The van der Waals surface area contributed by atoms with E-state index in [0.29, 0.717) is 49.4 Å². The Kier molecular flexibility index (Phi) is 6.16. The van der Waals surface area contributed by atoms with Crippen molar-refractivity contribution in [3.05, 3.63) is 54.4 Å². The monoisotopic (exact) mass is 533 g/mol. The van der Waals surface area contributed by atoms with Gasteiger partial charge >= 0.3 is 6.03 Å². The van der Waals surface area contributed by atoms with E-state index in [1.807, 2.05) is 63.4 Å². The summed E-state index contributed by atoms with van der Waals surface area (Å²) < 4.78 is 25.6. The lowest BCUT2D eigenvalue weighted by Crippen LogP contribution is -2.19. The quantitative estimate of drug-likeness (QED) is 0.295. The SMILES string of the molecule is CC(C)(C)c1cc(NC(=O)Nc2ccc(-c3cn4c(n3)sc3cc5c(cc34)OCCOCCO5)cc2)no1. The first kappa shape index (κ1) is 24.3. The van der Waals surface area contributed by atoms with Crippen molar-refractivity contribution < 1.29 is 23.5 Å². The van der Waals surface area contributed by atoms with Crippen LogP contribution in [0.2, 0.25) is 0 Å². The van der Waals surface area contributed by atoms with Gasteiger partial charge in [-0.25, -0.2) is 9.78 Å². The van der Waals surface area contributed by atoms with Crippen molar-refractivity contribution in [2.24, 2.45) is 0 Å². The first-order valence-electron chi connectivity index (χ1n) is 12.3. The number of nitrogens with one attached hydrogen (secondary N) is 2. The first-order valence-corrected chi connectivity index (χ1v) is 13.1. The van der Waals surface area contributed by atoms with Crippen LogP contribution in [0.15, 0.2) is 53.2 Å². The van der Waals surface area contributed by atoms with Crippen LogP contribution < -0.4 is 20.1 Å². The lowest BCUT2D eigenvalue weighted by Gasteiger charge is -2.12. The molecule has 1 aliphatic heterocycles. The average Bonchev–Trinajstić information content (AvgIpc) is 3.59. The van der Waals surface area contributed by atoms with E-state index < -0.39 is 6.03 Å². The van der Waals surface area contributed by atoms with Crippen molar-refractivity contribution >= 4 is 44.1 Å². The zero-order valence-electron chi connectivity index (χ0n) is 21.2. The molecule has 196 valence electrons. The molecule has 2 aromatic carbocycles. The van der Waals surface area contributed by atoms with Crippen molar-refractivity contribution in [3.8, 4) is 22.8 Å². The van der Waals surface area contributed by atoms with Crippen LogP contribution in [0.4, 0.5) is 16.3 Å². The predicted octanol–water partition coefficient (Wildman–Crippen LogP) is 5.93. The number of hydrogen-bond acceptors (Lipinski definition) is 8. The van der Waals surface area contributed by atoms with Crippen LogP contribution >= 0.6 is 11.3 Å². The van der Waals surface area contributed by atoms with E-state index in [1.165, 1.54) is 0 Å². The number of anilines is 2. The maximum atomic E-state index is 12.4. The normalized spacial score (nSPS) is 14.2. The smallest absolute Gasteiger partial charge is 0.324 e. The molecule has 2 amide bonds. The van der Waals surface area contributed by atoms with Crippen LogP contribution in [0.5, 0.6) is 11.5 Å². The van der Waals surface area contributed by atoms with Crippen LogP contribution in [0.3, 0.4) is 0 Å². The fraction of sp³-hybridized carbons (Fsp3) is 0.296. The van der Waals surface area contributed by atoms with Gasteiger partial charge in [0.25, 0.3) is 0 Å². The fourth-order valence-corrected chi connectivity index (χ4v) is 5.10. The second-order valence-electron chi connectivity index (χ2n) is 9.94. The highest BCUT2D eigenvalue weighted by Crippen LogP contribution is 2.38. The molecule has 0 radical (unpaired) electrons. The van der Waals surface area contributed by atoms with Crippen molar-refractivity contribution in [2.45, 2.75) is 26.2 Å². The van der Waals surface area contributed by atoms with E-state index in [9.17, 15) is 4.79 Å². The van der Waals surface area contributed by atoms with Gasteiger partial charge in [0.2, 0.25) is 0 Å². The number of carbonyl (C=O) groups is 1. The Bertz CT molecular complexity index is 1610. The molecule has 10 nitrogen and oxygen atoms in total. The zero-order valence-corrected chi connectivity index (χ0v) is 22.1. The van der Waals surface area contributed by atoms with Gasteiger partial charge in [0, 0.05) is 41.1 Å². The van der Waals surface area contributed by atoms with Gasteiger partial charge in [-0.05, 0) is 12.1 Å². The minimum Gasteiger partial charge on any atom is -0.487 e. The number of urea groups is 1. The molecule has 1 aliphatic rings. The molecule has 0 atom stereocenters. The third-order valence-electron chi connectivity index (χ3n) is 6.06. The van der Waals surface area contributed by atoms with Crippen molar-refractivity contribution in [3.63, 3.8) is 0 Å². The molecule has 11 heteroatoms. The highest BCUT2D eigenvalue weighted by Gasteiger charge is 2.20. The summed E-state index contributed by atoms with van der Waals surface area (Å²) in [5.74, 6) is 2.48. The molecular formula is C27H27N5O5S. The largest absolute Gasteiger partial charge is 0.487 e.